The van der Waals surface area contributed by atoms with E-state index >= 15 is 0 Å². The van der Waals surface area contributed by atoms with Crippen LogP contribution in [-0.2, 0) is 19.1 Å². The molecule has 0 aliphatic heterocycles. The lowest BCUT2D eigenvalue weighted by molar-refractivity contribution is -0.163. The van der Waals surface area contributed by atoms with Gasteiger partial charge in [0, 0.05) is 31.6 Å². The molecular weight excluding hydrogens is 328 g/mol. The third-order valence-electron chi connectivity index (χ3n) is 8.87. The molecule has 4 saturated carbocycles. The Morgan fingerprint density at radius 2 is 1.85 bits per heavy atom. The first kappa shape index (κ1) is 18.2. The van der Waals surface area contributed by atoms with Gasteiger partial charge in [0.05, 0.1) is 6.61 Å². The molecule has 4 fully saturated rings. The molecule has 4 aliphatic rings. The summed E-state index contributed by atoms with van der Waals surface area (Å²) in [6.45, 7) is 6.48. The largest absolute Gasteiger partial charge is 0.466 e. The van der Waals surface area contributed by atoms with Gasteiger partial charge >= 0.3 is 5.97 Å². The molecule has 0 aromatic rings. The van der Waals surface area contributed by atoms with E-state index in [-0.39, 0.29) is 22.7 Å². The van der Waals surface area contributed by atoms with Crippen LogP contribution in [0.15, 0.2) is 0 Å². The highest BCUT2D eigenvalue weighted by Crippen LogP contribution is 2.66. The Kier molecular flexibility index (Phi) is 4.32. The van der Waals surface area contributed by atoms with Crippen molar-refractivity contribution >= 4 is 17.5 Å². The standard InChI is InChI=1S/C22H32O4/c1-13(23)26-12-14-10-16-17-4-5-20(25)22(17,3)9-7-18(16)21(2)8-6-15(24)11-19(14)21/h14,16-19H,4-12H2,1-3H3/t14?,16-,17-,18+,19?,21+,22-/m0/s1. The van der Waals surface area contributed by atoms with E-state index in [1.807, 2.05) is 0 Å². The molecule has 144 valence electrons. The van der Waals surface area contributed by atoms with Crippen molar-refractivity contribution in [3.63, 3.8) is 0 Å². The summed E-state index contributed by atoms with van der Waals surface area (Å²) in [5.41, 5.74) is 0.00937. The predicted molar refractivity (Wildman–Crippen MR) is 97.2 cm³/mol. The Morgan fingerprint density at radius 3 is 2.58 bits per heavy atom. The van der Waals surface area contributed by atoms with Crippen molar-refractivity contribution in [2.24, 2.45) is 40.4 Å². The van der Waals surface area contributed by atoms with Crippen LogP contribution in [0.3, 0.4) is 0 Å². The molecule has 0 amide bonds. The highest BCUT2D eigenvalue weighted by Gasteiger charge is 2.62. The number of rotatable bonds is 2. The molecule has 2 unspecified atom stereocenters. The van der Waals surface area contributed by atoms with Crippen molar-refractivity contribution in [3.05, 3.63) is 0 Å². The number of ether oxygens (including phenoxy) is 1. The molecule has 0 bridgehead atoms. The fourth-order valence-corrected chi connectivity index (χ4v) is 7.47. The minimum absolute atomic E-state index is 0.138. The van der Waals surface area contributed by atoms with Gasteiger partial charge < -0.3 is 4.74 Å². The number of carbonyl (C=O) groups excluding carboxylic acids is 3. The molecule has 4 heteroatoms. The smallest absolute Gasteiger partial charge is 0.302 e. The first-order valence-corrected chi connectivity index (χ1v) is 10.4. The van der Waals surface area contributed by atoms with Crippen molar-refractivity contribution in [1.82, 2.24) is 0 Å². The Labute approximate surface area is 156 Å². The van der Waals surface area contributed by atoms with Crippen LogP contribution in [0, 0.1) is 40.4 Å². The van der Waals surface area contributed by atoms with Gasteiger partial charge in [-0.3, -0.25) is 14.4 Å². The lowest BCUT2D eigenvalue weighted by Crippen LogP contribution is -2.57. The Hall–Kier alpha value is -1.19. The van der Waals surface area contributed by atoms with Gasteiger partial charge in [-0.05, 0) is 67.1 Å². The van der Waals surface area contributed by atoms with Crippen LogP contribution in [0.1, 0.15) is 72.1 Å². The summed E-state index contributed by atoms with van der Waals surface area (Å²) in [6.07, 6.45) is 7.20. The van der Waals surface area contributed by atoms with Crippen molar-refractivity contribution in [2.45, 2.75) is 72.1 Å². The highest BCUT2D eigenvalue weighted by molar-refractivity contribution is 5.87. The minimum Gasteiger partial charge on any atom is -0.466 e. The van der Waals surface area contributed by atoms with Gasteiger partial charge in [0.25, 0.3) is 0 Å². The summed E-state index contributed by atoms with van der Waals surface area (Å²) < 4.78 is 5.43. The van der Waals surface area contributed by atoms with E-state index in [4.69, 9.17) is 4.74 Å². The minimum atomic E-state index is -0.236. The van der Waals surface area contributed by atoms with Crippen LogP contribution in [0.2, 0.25) is 0 Å². The number of hydrogen-bond acceptors (Lipinski definition) is 4. The molecule has 0 aromatic heterocycles. The second-order valence-electron chi connectivity index (χ2n) is 9.95. The number of carbonyl (C=O) groups is 3. The topological polar surface area (TPSA) is 60.4 Å². The van der Waals surface area contributed by atoms with Crippen LogP contribution < -0.4 is 0 Å². The van der Waals surface area contributed by atoms with Gasteiger partial charge in [-0.25, -0.2) is 0 Å². The highest BCUT2D eigenvalue weighted by atomic mass is 16.5. The number of Topliss-reactive ketones (excluding diaryl/α,β-unsaturated/α-hetero) is 2. The van der Waals surface area contributed by atoms with Crippen LogP contribution in [-0.4, -0.2) is 24.1 Å². The summed E-state index contributed by atoms with van der Waals surface area (Å²) in [6, 6.07) is 0. The number of ketones is 2. The SMILES string of the molecule is CC(=O)OCC1C[C@@H]2[C@@H](CC[C@]3(C)C(=O)CC[C@@H]23)[C@@]2(C)CCC(=O)CC12. The molecule has 4 aliphatic carbocycles. The van der Waals surface area contributed by atoms with E-state index in [0.717, 1.165) is 38.5 Å². The fourth-order valence-electron chi connectivity index (χ4n) is 7.47. The van der Waals surface area contributed by atoms with Gasteiger partial charge in [0.1, 0.15) is 11.6 Å². The van der Waals surface area contributed by atoms with Gasteiger partial charge in [-0.2, -0.15) is 0 Å². The zero-order valence-electron chi connectivity index (χ0n) is 16.4. The summed E-state index contributed by atoms with van der Waals surface area (Å²) in [5.74, 6) is 2.80. The molecule has 0 spiro atoms. The van der Waals surface area contributed by atoms with Gasteiger partial charge in [0.15, 0.2) is 0 Å². The van der Waals surface area contributed by atoms with Crippen molar-refractivity contribution in [1.29, 1.82) is 0 Å². The zero-order chi connectivity index (χ0) is 18.7. The molecule has 0 radical (unpaired) electrons. The molecule has 4 rings (SSSR count). The number of fused-ring (bicyclic) bond motifs is 5. The number of hydrogen-bond donors (Lipinski definition) is 0. The van der Waals surface area contributed by atoms with Gasteiger partial charge in [0.2, 0.25) is 0 Å². The molecule has 0 aromatic carbocycles. The first-order valence-electron chi connectivity index (χ1n) is 10.4. The molecule has 0 N–H and O–H groups in total. The third kappa shape index (κ3) is 2.58. The van der Waals surface area contributed by atoms with E-state index < -0.39 is 0 Å². The van der Waals surface area contributed by atoms with Crippen LogP contribution in [0.4, 0.5) is 0 Å². The van der Waals surface area contributed by atoms with E-state index in [9.17, 15) is 14.4 Å². The summed E-state index contributed by atoms with van der Waals surface area (Å²) in [7, 11) is 0. The Morgan fingerprint density at radius 1 is 1.08 bits per heavy atom. The monoisotopic (exact) mass is 360 g/mol. The van der Waals surface area contributed by atoms with Crippen molar-refractivity contribution in [2.75, 3.05) is 6.61 Å². The molecule has 26 heavy (non-hydrogen) atoms. The third-order valence-corrected chi connectivity index (χ3v) is 8.87. The van der Waals surface area contributed by atoms with E-state index in [1.54, 1.807) is 0 Å². The summed E-state index contributed by atoms with van der Waals surface area (Å²) in [5, 5.41) is 0. The molecule has 4 nitrogen and oxygen atoms in total. The molecule has 0 saturated heterocycles. The maximum atomic E-state index is 12.6. The maximum Gasteiger partial charge on any atom is 0.302 e. The molecule has 0 heterocycles. The summed E-state index contributed by atoms with van der Waals surface area (Å²) >= 11 is 0. The van der Waals surface area contributed by atoms with Crippen molar-refractivity contribution < 1.29 is 19.1 Å². The Balaban J connectivity index is 1.67. The van der Waals surface area contributed by atoms with Crippen LogP contribution in [0.25, 0.3) is 0 Å². The molecular formula is C22H32O4. The second-order valence-corrected chi connectivity index (χ2v) is 9.95. The van der Waals surface area contributed by atoms with Crippen LogP contribution >= 0.6 is 0 Å². The lowest BCUT2D eigenvalue weighted by Gasteiger charge is -2.61. The fraction of sp³-hybridized carbons (Fsp3) is 0.864. The van der Waals surface area contributed by atoms with Crippen molar-refractivity contribution in [3.8, 4) is 0 Å². The lowest BCUT2D eigenvalue weighted by atomic mass is 9.43. The van der Waals surface area contributed by atoms with E-state index in [0.29, 0.717) is 54.7 Å². The second kappa shape index (κ2) is 6.17. The normalized spacial score (nSPS) is 47.7. The van der Waals surface area contributed by atoms with E-state index in [2.05, 4.69) is 13.8 Å². The predicted octanol–water partition coefficient (Wildman–Crippen LogP) is 3.96. The quantitative estimate of drug-likeness (QED) is 0.700. The first-order chi connectivity index (χ1) is 12.3. The van der Waals surface area contributed by atoms with E-state index in [1.165, 1.54) is 6.92 Å². The molecule has 7 atom stereocenters. The Bertz CT molecular complexity index is 640. The average Bonchev–Trinajstić information content (AvgIpc) is 2.89. The van der Waals surface area contributed by atoms with Crippen LogP contribution in [0.5, 0.6) is 0 Å². The average molecular weight is 360 g/mol. The van der Waals surface area contributed by atoms with Gasteiger partial charge in [-0.15, -0.1) is 0 Å². The maximum absolute atomic E-state index is 12.6. The zero-order valence-corrected chi connectivity index (χ0v) is 16.4. The van der Waals surface area contributed by atoms with Gasteiger partial charge in [-0.1, -0.05) is 13.8 Å². The number of esters is 1. The summed E-state index contributed by atoms with van der Waals surface area (Å²) in [4.78, 5) is 36.2.